The van der Waals surface area contributed by atoms with E-state index in [1.807, 2.05) is 0 Å². The summed E-state index contributed by atoms with van der Waals surface area (Å²) in [7, 11) is 0. The van der Waals surface area contributed by atoms with Gasteiger partial charge in [-0.15, -0.1) is 0 Å². The second-order valence-electron chi connectivity index (χ2n) is 7.25. The zero-order valence-electron chi connectivity index (χ0n) is 21.2. The SMILES string of the molecule is [2H]C1([2H])CC([2H])([2H])[C@]([2H])(c2cc(F)ccc2F)N1c1ccn2ncc(NC(=O)N3CC[C@H](O)C3)c2n1. The van der Waals surface area contributed by atoms with E-state index in [1.165, 1.54) is 27.9 Å². The summed E-state index contributed by atoms with van der Waals surface area (Å²) in [4.78, 5) is 19.0. The number of halogens is 2. The Morgan fingerprint density at radius 2 is 2.23 bits per heavy atom. The number of fused-ring (bicyclic) bond motifs is 1. The van der Waals surface area contributed by atoms with Crippen LogP contribution in [0.25, 0.3) is 5.65 Å². The normalized spacial score (nSPS) is 29.3. The number of β-amino-alcohol motifs (C(OH)–C–C–N with tert-alkyl or cyclic N) is 1. The van der Waals surface area contributed by atoms with Crippen LogP contribution >= 0.6 is 0 Å². The first-order chi connectivity index (χ1) is 16.8. The van der Waals surface area contributed by atoms with Gasteiger partial charge in [0.05, 0.1) is 19.7 Å². The molecule has 1 aromatic carbocycles. The second kappa shape index (κ2) is 7.77. The van der Waals surface area contributed by atoms with Gasteiger partial charge in [-0.25, -0.2) is 23.1 Å². The van der Waals surface area contributed by atoms with E-state index in [-0.39, 0.29) is 23.7 Å². The van der Waals surface area contributed by atoms with Crippen molar-refractivity contribution in [2.24, 2.45) is 0 Å². The highest BCUT2D eigenvalue weighted by atomic mass is 19.1. The molecule has 5 rings (SSSR count). The molecule has 2 aromatic heterocycles. The number of nitrogens with zero attached hydrogens (tertiary/aromatic N) is 5. The summed E-state index contributed by atoms with van der Waals surface area (Å²) in [5.74, 6) is -2.21. The zero-order chi connectivity index (χ0) is 26.0. The lowest BCUT2D eigenvalue weighted by molar-refractivity contribution is 0.176. The third-order valence-corrected chi connectivity index (χ3v) is 5.18. The number of nitrogens with one attached hydrogen (secondary N) is 1. The fraction of sp³-hybridized carbons (Fsp3) is 0.381. The molecule has 2 aliphatic heterocycles. The third kappa shape index (κ3) is 3.67. The Balaban J connectivity index is 1.60. The molecule has 0 aliphatic carbocycles. The van der Waals surface area contributed by atoms with Crippen LogP contribution < -0.4 is 10.2 Å². The number of aromatic nitrogens is 3. The number of rotatable bonds is 3. The van der Waals surface area contributed by atoms with E-state index in [9.17, 15) is 18.7 Å². The molecule has 4 heterocycles. The lowest BCUT2D eigenvalue weighted by atomic mass is 10.0. The van der Waals surface area contributed by atoms with Gasteiger partial charge >= 0.3 is 6.03 Å². The van der Waals surface area contributed by atoms with E-state index < -0.39 is 54.6 Å². The molecule has 31 heavy (non-hydrogen) atoms. The molecule has 2 atom stereocenters. The van der Waals surface area contributed by atoms with Crippen molar-refractivity contribution < 1.29 is 25.5 Å². The van der Waals surface area contributed by atoms with Crippen molar-refractivity contribution >= 4 is 23.2 Å². The highest BCUT2D eigenvalue weighted by molar-refractivity contribution is 5.93. The number of aliphatic hydroxyl groups is 1. The lowest BCUT2D eigenvalue weighted by Crippen LogP contribution is -2.33. The molecule has 2 amide bonds. The van der Waals surface area contributed by atoms with Gasteiger partial charge < -0.3 is 20.2 Å². The number of carbonyl (C=O) groups is 1. The fourth-order valence-corrected chi connectivity index (χ4v) is 3.64. The highest BCUT2D eigenvalue weighted by Crippen LogP contribution is 2.37. The van der Waals surface area contributed by atoms with Crippen LogP contribution in [0.1, 0.15) is 37.6 Å². The number of aliphatic hydroxyl groups excluding tert-OH is 1. The summed E-state index contributed by atoms with van der Waals surface area (Å²) >= 11 is 0. The van der Waals surface area contributed by atoms with Crippen LogP contribution in [-0.2, 0) is 0 Å². The van der Waals surface area contributed by atoms with Crippen LogP contribution in [0.4, 0.5) is 25.1 Å². The molecule has 8 nitrogen and oxygen atoms in total. The van der Waals surface area contributed by atoms with E-state index in [0.717, 1.165) is 12.1 Å². The highest BCUT2D eigenvalue weighted by Gasteiger charge is 2.30. The Morgan fingerprint density at radius 3 is 3.03 bits per heavy atom. The van der Waals surface area contributed by atoms with Crippen molar-refractivity contribution in [3.63, 3.8) is 0 Å². The Labute approximate surface area is 184 Å². The maximum Gasteiger partial charge on any atom is 0.322 e. The van der Waals surface area contributed by atoms with Crippen LogP contribution in [0.15, 0.2) is 36.7 Å². The van der Waals surface area contributed by atoms with Crippen LogP contribution in [0.3, 0.4) is 0 Å². The Hall–Kier alpha value is -3.27. The van der Waals surface area contributed by atoms with Gasteiger partial charge in [-0.3, -0.25) is 0 Å². The molecule has 10 heteroatoms. The van der Waals surface area contributed by atoms with Crippen LogP contribution in [0.5, 0.6) is 0 Å². The number of anilines is 2. The number of urea groups is 1. The van der Waals surface area contributed by atoms with Gasteiger partial charge in [0.25, 0.3) is 0 Å². The van der Waals surface area contributed by atoms with E-state index in [1.54, 1.807) is 0 Å². The molecule has 0 bridgehead atoms. The predicted molar refractivity (Wildman–Crippen MR) is 110 cm³/mol. The molecule has 0 radical (unpaired) electrons. The number of likely N-dealkylation sites (tertiary alicyclic amines) is 1. The van der Waals surface area contributed by atoms with Crippen LogP contribution in [-0.4, -0.2) is 56.3 Å². The fourth-order valence-electron chi connectivity index (χ4n) is 3.64. The van der Waals surface area contributed by atoms with E-state index in [2.05, 4.69) is 15.4 Å². The third-order valence-electron chi connectivity index (χ3n) is 5.18. The number of hydrogen-bond acceptors (Lipinski definition) is 5. The van der Waals surface area contributed by atoms with Gasteiger partial charge in [0.15, 0.2) is 5.65 Å². The number of carbonyl (C=O) groups excluding carboxylic acids is 1. The summed E-state index contributed by atoms with van der Waals surface area (Å²) < 4.78 is 73.1. The minimum Gasteiger partial charge on any atom is -0.391 e. The smallest absolute Gasteiger partial charge is 0.322 e. The number of benzene rings is 1. The van der Waals surface area contributed by atoms with Crippen molar-refractivity contribution in [1.82, 2.24) is 19.5 Å². The van der Waals surface area contributed by atoms with Crippen molar-refractivity contribution in [2.75, 3.05) is 29.8 Å². The molecular formula is C21H22F2N6O2. The Bertz CT molecular complexity index is 1360. The van der Waals surface area contributed by atoms with Gasteiger partial charge in [0.2, 0.25) is 0 Å². The quantitative estimate of drug-likeness (QED) is 0.663. The van der Waals surface area contributed by atoms with Crippen molar-refractivity contribution in [2.45, 2.75) is 31.3 Å². The number of amides is 2. The largest absolute Gasteiger partial charge is 0.391 e. The minimum absolute atomic E-state index is 0.0610. The maximum absolute atomic E-state index is 14.8. The summed E-state index contributed by atoms with van der Waals surface area (Å²) in [6.07, 6.45) is -0.948. The van der Waals surface area contributed by atoms with Crippen molar-refractivity contribution in [3.05, 3.63) is 53.9 Å². The van der Waals surface area contributed by atoms with Gasteiger partial charge in [0, 0.05) is 36.8 Å². The van der Waals surface area contributed by atoms with Crippen LogP contribution in [0, 0.1) is 11.6 Å². The second-order valence-corrected chi connectivity index (χ2v) is 7.25. The van der Waals surface area contributed by atoms with Gasteiger partial charge in [0.1, 0.15) is 23.1 Å². The van der Waals surface area contributed by atoms with E-state index >= 15 is 0 Å². The first kappa shape index (κ1) is 14.7. The molecule has 2 N–H and O–H groups in total. The average molecular weight is 433 g/mol. The molecule has 0 unspecified atom stereocenters. The maximum atomic E-state index is 14.8. The van der Waals surface area contributed by atoms with E-state index in [4.69, 9.17) is 6.85 Å². The van der Waals surface area contributed by atoms with Crippen LogP contribution in [0.2, 0.25) is 0 Å². The first-order valence-electron chi connectivity index (χ1n) is 12.2. The first-order valence-corrected chi connectivity index (χ1v) is 9.68. The predicted octanol–water partition coefficient (Wildman–Crippen LogP) is 2.95. The van der Waals surface area contributed by atoms with Gasteiger partial charge in [-0.2, -0.15) is 5.10 Å². The molecule has 0 saturated carbocycles. The molecular weight excluding hydrogens is 406 g/mol. The lowest BCUT2D eigenvalue weighted by Gasteiger charge is -2.26. The molecule has 3 aromatic rings. The molecule has 2 saturated heterocycles. The van der Waals surface area contributed by atoms with Gasteiger partial charge in [-0.1, -0.05) is 0 Å². The number of hydrogen-bond donors (Lipinski definition) is 2. The molecule has 2 aliphatic rings. The van der Waals surface area contributed by atoms with E-state index in [0.29, 0.717) is 23.9 Å². The molecule has 162 valence electrons. The summed E-state index contributed by atoms with van der Waals surface area (Å²) in [5, 5.41) is 16.4. The summed E-state index contributed by atoms with van der Waals surface area (Å²) in [5.41, 5.74) is -0.463. The van der Waals surface area contributed by atoms with Crippen molar-refractivity contribution in [3.8, 4) is 0 Å². The Morgan fingerprint density at radius 1 is 1.35 bits per heavy atom. The summed E-state index contributed by atoms with van der Waals surface area (Å²) in [6.45, 7) is -1.99. The van der Waals surface area contributed by atoms with Crippen molar-refractivity contribution in [1.29, 1.82) is 0 Å². The van der Waals surface area contributed by atoms with Gasteiger partial charge in [-0.05, 0) is 43.5 Å². The average Bonchev–Trinajstić information content (AvgIpc) is 3.43. The monoisotopic (exact) mass is 433 g/mol. The molecule has 0 spiro atoms. The molecule has 2 fully saturated rings. The standard InChI is InChI=1S/C21H22F2N6O2/c22-13-3-4-16(23)15(10-13)18-2-1-7-28(18)19-6-9-29-20(26-19)17(11-24-29)25-21(31)27-8-5-14(30)12-27/h3-4,6,9-11,14,18,30H,1-2,5,7-8,12H2,(H,25,31)/t14-,18+/m0/s1/i2D2,7D2,18D. The zero-order valence-corrected chi connectivity index (χ0v) is 16.2. The summed E-state index contributed by atoms with van der Waals surface area (Å²) in [6, 6.07) is 0.335. The topological polar surface area (TPSA) is 86.0 Å². The minimum atomic E-state index is -2.72. The Kier molecular flexibility index (Phi) is 3.68.